The molecule has 2 nitrogen and oxygen atoms in total. The molecule has 1 aromatic carbocycles. The number of hydrogen-bond acceptors (Lipinski definition) is 2. The molecule has 0 spiro atoms. The number of halogens is 4. The smallest absolute Gasteiger partial charge is 0.382 e. The SMILES string of the molecule is CCNC(CCC(C)OC)c1ccc(C(F)(F)F)c(F)c1. The lowest BCUT2D eigenvalue weighted by molar-refractivity contribution is -0.140. The monoisotopic (exact) mass is 307 g/mol. The lowest BCUT2D eigenvalue weighted by Gasteiger charge is -2.21. The van der Waals surface area contributed by atoms with Crippen LogP contribution in [0.5, 0.6) is 0 Å². The molecule has 0 saturated heterocycles. The van der Waals surface area contributed by atoms with Gasteiger partial charge in [-0.05, 0) is 44.0 Å². The molecular weight excluding hydrogens is 286 g/mol. The second-order valence-electron chi connectivity index (χ2n) is 4.97. The summed E-state index contributed by atoms with van der Waals surface area (Å²) >= 11 is 0. The average Bonchev–Trinajstić information content (AvgIpc) is 2.41. The van der Waals surface area contributed by atoms with E-state index < -0.39 is 17.6 Å². The van der Waals surface area contributed by atoms with Gasteiger partial charge in [0.05, 0.1) is 11.7 Å². The van der Waals surface area contributed by atoms with E-state index in [9.17, 15) is 17.6 Å². The zero-order valence-corrected chi connectivity index (χ0v) is 12.4. The van der Waals surface area contributed by atoms with Crippen LogP contribution in [0.2, 0.25) is 0 Å². The summed E-state index contributed by atoms with van der Waals surface area (Å²) in [5, 5.41) is 3.16. The van der Waals surface area contributed by atoms with Crippen molar-refractivity contribution in [1.29, 1.82) is 0 Å². The summed E-state index contributed by atoms with van der Waals surface area (Å²) in [6.07, 6.45) is -3.23. The summed E-state index contributed by atoms with van der Waals surface area (Å²) in [5.41, 5.74) is -0.711. The maximum Gasteiger partial charge on any atom is 0.419 e. The van der Waals surface area contributed by atoms with Gasteiger partial charge in [-0.15, -0.1) is 0 Å². The third-order valence-electron chi connectivity index (χ3n) is 3.42. The Kier molecular flexibility index (Phi) is 6.61. The van der Waals surface area contributed by atoms with Crippen LogP contribution in [-0.4, -0.2) is 19.8 Å². The highest BCUT2D eigenvalue weighted by Gasteiger charge is 2.34. The maximum atomic E-state index is 13.6. The molecule has 0 bridgehead atoms. The van der Waals surface area contributed by atoms with E-state index in [1.54, 1.807) is 7.11 Å². The Morgan fingerprint density at radius 2 is 1.90 bits per heavy atom. The van der Waals surface area contributed by atoms with Gasteiger partial charge in [-0.3, -0.25) is 0 Å². The van der Waals surface area contributed by atoms with Crippen LogP contribution in [0.1, 0.15) is 43.9 Å². The highest BCUT2D eigenvalue weighted by atomic mass is 19.4. The van der Waals surface area contributed by atoms with Crippen molar-refractivity contribution >= 4 is 0 Å². The lowest BCUT2D eigenvalue weighted by atomic mass is 9.98. The van der Waals surface area contributed by atoms with Crippen LogP contribution in [0.15, 0.2) is 18.2 Å². The average molecular weight is 307 g/mol. The van der Waals surface area contributed by atoms with Crippen LogP contribution in [0.3, 0.4) is 0 Å². The fraction of sp³-hybridized carbons (Fsp3) is 0.600. The van der Waals surface area contributed by atoms with Crippen LogP contribution in [0, 0.1) is 5.82 Å². The second kappa shape index (κ2) is 7.75. The number of hydrogen-bond donors (Lipinski definition) is 1. The Balaban J connectivity index is 2.91. The molecule has 120 valence electrons. The molecule has 1 rings (SSSR count). The first-order valence-electron chi connectivity index (χ1n) is 6.92. The topological polar surface area (TPSA) is 21.3 Å². The summed E-state index contributed by atoms with van der Waals surface area (Å²) in [4.78, 5) is 0. The number of benzene rings is 1. The first kappa shape index (κ1) is 17.9. The van der Waals surface area contributed by atoms with E-state index in [2.05, 4.69) is 5.32 Å². The van der Waals surface area contributed by atoms with Crippen molar-refractivity contribution in [1.82, 2.24) is 5.32 Å². The highest BCUT2D eigenvalue weighted by molar-refractivity contribution is 5.28. The van der Waals surface area contributed by atoms with Gasteiger partial charge in [0.2, 0.25) is 0 Å². The van der Waals surface area contributed by atoms with Crippen LogP contribution in [-0.2, 0) is 10.9 Å². The molecule has 0 heterocycles. The van der Waals surface area contributed by atoms with Crippen LogP contribution >= 0.6 is 0 Å². The fourth-order valence-electron chi connectivity index (χ4n) is 2.13. The molecular formula is C15H21F4NO. The summed E-state index contributed by atoms with van der Waals surface area (Å²) in [7, 11) is 1.60. The Bertz CT molecular complexity index is 448. The lowest BCUT2D eigenvalue weighted by Crippen LogP contribution is -2.23. The van der Waals surface area contributed by atoms with E-state index >= 15 is 0 Å². The Morgan fingerprint density at radius 3 is 2.38 bits per heavy atom. The normalized spacial score (nSPS) is 15.0. The fourth-order valence-corrected chi connectivity index (χ4v) is 2.13. The van der Waals surface area contributed by atoms with Gasteiger partial charge in [0.25, 0.3) is 0 Å². The zero-order chi connectivity index (χ0) is 16.0. The summed E-state index contributed by atoms with van der Waals surface area (Å²) in [5.74, 6) is -1.23. The molecule has 0 amide bonds. The number of ether oxygens (including phenoxy) is 1. The van der Waals surface area contributed by atoms with Gasteiger partial charge in [0.1, 0.15) is 5.82 Å². The van der Waals surface area contributed by atoms with Gasteiger partial charge < -0.3 is 10.1 Å². The minimum atomic E-state index is -4.67. The van der Waals surface area contributed by atoms with Gasteiger partial charge in [-0.2, -0.15) is 13.2 Å². The van der Waals surface area contributed by atoms with Crippen LogP contribution in [0.25, 0.3) is 0 Å². The van der Waals surface area contributed by atoms with Crippen molar-refractivity contribution in [2.45, 2.75) is 45.0 Å². The predicted octanol–water partition coefficient (Wildman–Crippen LogP) is 4.31. The molecule has 0 fully saturated rings. The van der Waals surface area contributed by atoms with E-state index in [0.29, 0.717) is 18.5 Å². The van der Waals surface area contributed by atoms with Crippen molar-refractivity contribution in [3.63, 3.8) is 0 Å². The first-order chi connectivity index (χ1) is 9.79. The third-order valence-corrected chi connectivity index (χ3v) is 3.42. The summed E-state index contributed by atoms with van der Waals surface area (Å²) in [6, 6.07) is 2.91. The Labute approximate surface area is 122 Å². The van der Waals surface area contributed by atoms with Crippen molar-refractivity contribution in [3.8, 4) is 0 Å². The number of alkyl halides is 3. The van der Waals surface area contributed by atoms with Crippen LogP contribution in [0.4, 0.5) is 17.6 Å². The van der Waals surface area contributed by atoms with E-state index in [0.717, 1.165) is 18.6 Å². The Morgan fingerprint density at radius 1 is 1.24 bits per heavy atom. The van der Waals surface area contributed by atoms with Gasteiger partial charge in [0, 0.05) is 13.2 Å². The summed E-state index contributed by atoms with van der Waals surface area (Å²) in [6.45, 7) is 4.46. The molecule has 1 aromatic rings. The standard InChI is InChI=1S/C15H21F4NO/c1-4-20-14(8-5-10(2)21-3)11-6-7-12(13(16)9-11)15(17,18)19/h6-7,9-10,14,20H,4-5,8H2,1-3H3. The molecule has 1 N–H and O–H groups in total. The quantitative estimate of drug-likeness (QED) is 0.758. The number of rotatable bonds is 7. The van der Waals surface area contributed by atoms with E-state index in [1.807, 2.05) is 13.8 Å². The zero-order valence-electron chi connectivity index (χ0n) is 12.4. The molecule has 0 radical (unpaired) electrons. The molecule has 6 heteroatoms. The molecule has 0 aromatic heterocycles. The molecule has 0 aliphatic heterocycles. The number of nitrogens with one attached hydrogen (secondary N) is 1. The van der Waals surface area contributed by atoms with Gasteiger partial charge in [-0.1, -0.05) is 13.0 Å². The summed E-state index contributed by atoms with van der Waals surface area (Å²) < 4.78 is 56.5. The highest BCUT2D eigenvalue weighted by Crippen LogP contribution is 2.33. The molecule has 21 heavy (non-hydrogen) atoms. The van der Waals surface area contributed by atoms with Gasteiger partial charge in [0.15, 0.2) is 0 Å². The minimum Gasteiger partial charge on any atom is -0.382 e. The third kappa shape index (κ3) is 5.28. The predicted molar refractivity (Wildman–Crippen MR) is 73.5 cm³/mol. The molecule has 0 saturated carbocycles. The van der Waals surface area contributed by atoms with Crippen LogP contribution < -0.4 is 5.32 Å². The van der Waals surface area contributed by atoms with Crippen molar-refractivity contribution in [2.24, 2.45) is 0 Å². The van der Waals surface area contributed by atoms with E-state index in [4.69, 9.17) is 4.74 Å². The number of methoxy groups -OCH3 is 1. The van der Waals surface area contributed by atoms with Gasteiger partial charge >= 0.3 is 6.18 Å². The largest absolute Gasteiger partial charge is 0.419 e. The van der Waals surface area contributed by atoms with E-state index in [-0.39, 0.29) is 12.1 Å². The molecule has 0 aliphatic rings. The molecule has 0 aliphatic carbocycles. The van der Waals surface area contributed by atoms with Crippen molar-refractivity contribution in [2.75, 3.05) is 13.7 Å². The second-order valence-corrected chi connectivity index (χ2v) is 4.97. The van der Waals surface area contributed by atoms with Crippen molar-refractivity contribution < 1.29 is 22.3 Å². The molecule has 2 atom stereocenters. The first-order valence-corrected chi connectivity index (χ1v) is 6.92. The van der Waals surface area contributed by atoms with Gasteiger partial charge in [-0.25, -0.2) is 4.39 Å². The maximum absolute atomic E-state index is 13.6. The van der Waals surface area contributed by atoms with Crippen molar-refractivity contribution in [3.05, 3.63) is 35.1 Å². The Hall–Kier alpha value is -1.14. The van der Waals surface area contributed by atoms with E-state index in [1.165, 1.54) is 6.07 Å². The minimum absolute atomic E-state index is 0.0467. The molecule has 2 unspecified atom stereocenters.